The topological polar surface area (TPSA) is 64.4 Å². The molecule has 0 spiro atoms. The highest BCUT2D eigenvalue weighted by Crippen LogP contribution is 2.23. The Morgan fingerprint density at radius 1 is 1.00 bits per heavy atom. The Morgan fingerprint density at radius 2 is 1.77 bits per heavy atom. The molecule has 1 aromatic heterocycles. The second-order valence-electron chi connectivity index (χ2n) is 7.51. The van der Waals surface area contributed by atoms with Crippen molar-refractivity contribution >= 4 is 22.7 Å². The molecule has 0 atom stereocenters. The second-order valence-corrected chi connectivity index (χ2v) is 7.51. The number of anilines is 1. The third-order valence-electron chi connectivity index (χ3n) is 4.91. The summed E-state index contributed by atoms with van der Waals surface area (Å²) in [5.74, 6) is 1.20. The average Bonchev–Trinajstić information content (AvgIpc) is 3.11. The summed E-state index contributed by atoms with van der Waals surface area (Å²) in [5.41, 5.74) is 6.78. The lowest BCUT2D eigenvalue weighted by molar-refractivity contribution is -0.118. The lowest BCUT2D eigenvalue weighted by atomic mass is 10.1. The smallest absolute Gasteiger partial charge is 0.262 e. The first-order valence-electron chi connectivity index (χ1n) is 9.92. The molecule has 0 saturated heterocycles. The van der Waals surface area contributed by atoms with Crippen LogP contribution in [0.4, 0.5) is 5.69 Å². The van der Waals surface area contributed by atoms with Crippen LogP contribution in [0.25, 0.3) is 11.1 Å². The minimum absolute atomic E-state index is 0.0335. The van der Waals surface area contributed by atoms with Gasteiger partial charge in [-0.25, -0.2) is 4.98 Å². The van der Waals surface area contributed by atoms with Crippen LogP contribution in [0, 0.1) is 20.8 Å². The van der Waals surface area contributed by atoms with Crippen molar-refractivity contribution in [2.24, 2.45) is 0 Å². The number of benzene rings is 3. The fourth-order valence-electron chi connectivity index (χ4n) is 3.44. The van der Waals surface area contributed by atoms with Gasteiger partial charge in [0.05, 0.1) is 0 Å². The predicted octanol–water partition coefficient (Wildman–Crippen LogP) is 5.36. The molecule has 4 aromatic rings. The predicted molar refractivity (Wildman–Crippen MR) is 118 cm³/mol. The van der Waals surface area contributed by atoms with Gasteiger partial charge in [-0.2, -0.15) is 0 Å². The largest absolute Gasteiger partial charge is 0.483 e. The summed E-state index contributed by atoms with van der Waals surface area (Å²) in [5, 5.41) is 2.85. The van der Waals surface area contributed by atoms with Crippen LogP contribution in [0.15, 0.2) is 65.1 Å². The maximum absolute atomic E-state index is 12.2. The molecule has 5 nitrogen and oxygen atoms in total. The van der Waals surface area contributed by atoms with Gasteiger partial charge in [0.1, 0.15) is 11.3 Å². The summed E-state index contributed by atoms with van der Waals surface area (Å²) in [6.07, 6.45) is 0.595. The van der Waals surface area contributed by atoms with E-state index in [1.165, 1.54) is 5.56 Å². The summed E-state index contributed by atoms with van der Waals surface area (Å²) < 4.78 is 11.5. The van der Waals surface area contributed by atoms with Gasteiger partial charge in [-0.3, -0.25) is 4.79 Å². The van der Waals surface area contributed by atoms with E-state index in [4.69, 9.17) is 9.15 Å². The molecule has 0 unspecified atom stereocenters. The number of ether oxygens (including phenoxy) is 1. The fourth-order valence-corrected chi connectivity index (χ4v) is 3.44. The van der Waals surface area contributed by atoms with Gasteiger partial charge in [-0.15, -0.1) is 0 Å². The number of para-hydroxylation sites is 1. The Labute approximate surface area is 175 Å². The molecule has 1 N–H and O–H groups in total. The first-order valence-corrected chi connectivity index (χ1v) is 9.92. The Bertz CT molecular complexity index is 1190. The van der Waals surface area contributed by atoms with Crippen molar-refractivity contribution in [2.45, 2.75) is 27.2 Å². The molecule has 1 amide bonds. The van der Waals surface area contributed by atoms with Crippen LogP contribution in [-0.4, -0.2) is 17.5 Å². The SMILES string of the molecule is Cc1cc(C)c2oc(Cc3ccc(NC(=O)COc4ccccc4C)cc3)nc2c1. The van der Waals surface area contributed by atoms with Crippen LogP contribution in [0.2, 0.25) is 0 Å². The van der Waals surface area contributed by atoms with Crippen LogP contribution >= 0.6 is 0 Å². The normalized spacial score (nSPS) is 10.9. The van der Waals surface area contributed by atoms with E-state index in [0.29, 0.717) is 18.1 Å². The van der Waals surface area contributed by atoms with Crippen LogP contribution in [0.5, 0.6) is 5.75 Å². The number of rotatable bonds is 6. The van der Waals surface area contributed by atoms with Crippen LogP contribution in [0.3, 0.4) is 0 Å². The third kappa shape index (κ3) is 4.51. The molecular weight excluding hydrogens is 376 g/mol. The highest BCUT2D eigenvalue weighted by atomic mass is 16.5. The molecule has 3 aromatic carbocycles. The number of hydrogen-bond acceptors (Lipinski definition) is 4. The Morgan fingerprint density at radius 3 is 2.53 bits per heavy atom. The Kier molecular flexibility index (Phi) is 5.53. The Balaban J connectivity index is 1.36. The van der Waals surface area contributed by atoms with Gasteiger partial charge in [-0.1, -0.05) is 36.4 Å². The van der Waals surface area contributed by atoms with E-state index in [1.54, 1.807) is 0 Å². The number of nitrogens with zero attached hydrogens (tertiary/aromatic N) is 1. The number of nitrogens with one attached hydrogen (secondary N) is 1. The summed E-state index contributed by atoms with van der Waals surface area (Å²) in [7, 11) is 0. The molecule has 0 fully saturated rings. The van der Waals surface area contributed by atoms with E-state index >= 15 is 0 Å². The van der Waals surface area contributed by atoms with Gasteiger partial charge in [0.15, 0.2) is 18.1 Å². The maximum atomic E-state index is 12.2. The van der Waals surface area contributed by atoms with Crippen molar-refractivity contribution in [2.75, 3.05) is 11.9 Å². The van der Waals surface area contributed by atoms with Crippen LogP contribution in [0.1, 0.15) is 28.1 Å². The molecule has 0 saturated carbocycles. The Hall–Kier alpha value is -3.60. The number of hydrogen-bond donors (Lipinski definition) is 1. The summed E-state index contributed by atoms with van der Waals surface area (Å²) in [4.78, 5) is 16.8. The van der Waals surface area contributed by atoms with E-state index in [0.717, 1.165) is 33.5 Å². The number of fused-ring (bicyclic) bond motifs is 1. The van der Waals surface area contributed by atoms with Gasteiger partial charge < -0.3 is 14.5 Å². The number of oxazole rings is 1. The third-order valence-corrected chi connectivity index (χ3v) is 4.91. The number of amides is 1. The first kappa shape index (κ1) is 19.7. The highest BCUT2D eigenvalue weighted by Gasteiger charge is 2.10. The average molecular weight is 400 g/mol. The van der Waals surface area contributed by atoms with Gasteiger partial charge in [0, 0.05) is 12.1 Å². The van der Waals surface area contributed by atoms with Crippen molar-refractivity contribution in [3.8, 4) is 5.75 Å². The quantitative estimate of drug-likeness (QED) is 0.473. The molecule has 0 aliphatic rings. The molecule has 5 heteroatoms. The van der Waals surface area contributed by atoms with Crippen molar-refractivity contribution in [1.82, 2.24) is 4.98 Å². The molecule has 0 aliphatic heterocycles. The monoisotopic (exact) mass is 400 g/mol. The lowest BCUT2D eigenvalue weighted by Crippen LogP contribution is -2.20. The van der Waals surface area contributed by atoms with E-state index in [9.17, 15) is 4.79 Å². The molecule has 0 bridgehead atoms. The van der Waals surface area contributed by atoms with E-state index in [-0.39, 0.29) is 12.5 Å². The molecule has 30 heavy (non-hydrogen) atoms. The van der Waals surface area contributed by atoms with Crippen LogP contribution < -0.4 is 10.1 Å². The van der Waals surface area contributed by atoms with Gasteiger partial charge in [-0.05, 0) is 67.3 Å². The van der Waals surface area contributed by atoms with Gasteiger partial charge in [0.2, 0.25) is 0 Å². The molecule has 152 valence electrons. The molecular formula is C25H24N2O3. The number of aromatic nitrogens is 1. The summed E-state index contributed by atoms with van der Waals surface area (Å²) >= 11 is 0. The van der Waals surface area contributed by atoms with Crippen molar-refractivity contribution < 1.29 is 13.9 Å². The van der Waals surface area contributed by atoms with Crippen molar-refractivity contribution in [1.29, 1.82) is 0 Å². The van der Waals surface area contributed by atoms with Crippen molar-refractivity contribution in [3.63, 3.8) is 0 Å². The second kappa shape index (κ2) is 8.41. The molecule has 4 rings (SSSR count). The molecule has 0 aliphatic carbocycles. The first-order chi connectivity index (χ1) is 14.5. The number of aryl methyl sites for hydroxylation is 3. The fraction of sp³-hybridized carbons (Fsp3) is 0.200. The zero-order chi connectivity index (χ0) is 21.1. The number of carbonyl (C=O) groups is 1. The van der Waals surface area contributed by atoms with E-state index in [2.05, 4.69) is 23.3 Å². The zero-order valence-electron chi connectivity index (χ0n) is 17.4. The minimum atomic E-state index is -0.198. The molecule has 0 radical (unpaired) electrons. The standard InChI is InChI=1S/C25H24N2O3/c1-16-12-18(3)25-21(13-16)27-24(30-25)14-19-8-10-20(11-9-19)26-23(28)15-29-22-7-5-4-6-17(22)2/h4-13H,14-15H2,1-3H3,(H,26,28). The van der Waals surface area contributed by atoms with Gasteiger partial charge >= 0.3 is 0 Å². The molecule has 1 heterocycles. The maximum Gasteiger partial charge on any atom is 0.262 e. The minimum Gasteiger partial charge on any atom is -0.483 e. The van der Waals surface area contributed by atoms with E-state index in [1.807, 2.05) is 68.4 Å². The number of carbonyl (C=O) groups excluding carboxylic acids is 1. The zero-order valence-corrected chi connectivity index (χ0v) is 17.4. The van der Waals surface area contributed by atoms with E-state index < -0.39 is 0 Å². The highest BCUT2D eigenvalue weighted by molar-refractivity contribution is 5.91. The van der Waals surface area contributed by atoms with Gasteiger partial charge in [0.25, 0.3) is 5.91 Å². The van der Waals surface area contributed by atoms with Crippen LogP contribution in [-0.2, 0) is 11.2 Å². The van der Waals surface area contributed by atoms with Crippen molar-refractivity contribution in [3.05, 3.63) is 88.8 Å². The lowest BCUT2D eigenvalue weighted by Gasteiger charge is -2.09. The summed E-state index contributed by atoms with van der Waals surface area (Å²) in [6, 6.07) is 19.4. The summed E-state index contributed by atoms with van der Waals surface area (Å²) in [6.45, 7) is 6.00.